The SMILES string of the molecule is Cc1cc(C)cc(C)c1.O=C(OCc1ccccc1)[C@@H]1CC[C@@H](NOCc2ccccc2)CN1. The first-order valence-electron chi connectivity index (χ1n) is 11.9. The van der Waals surface area contributed by atoms with Gasteiger partial charge in [-0.15, -0.1) is 0 Å². The first-order valence-corrected chi connectivity index (χ1v) is 11.9. The van der Waals surface area contributed by atoms with Gasteiger partial charge in [0.25, 0.3) is 0 Å². The Labute approximate surface area is 203 Å². The van der Waals surface area contributed by atoms with Crippen LogP contribution >= 0.6 is 0 Å². The number of ether oxygens (including phenoxy) is 1. The molecule has 0 aliphatic carbocycles. The minimum Gasteiger partial charge on any atom is -0.460 e. The Kier molecular flexibility index (Phi) is 10.3. The molecule has 0 bridgehead atoms. The number of hydroxylamine groups is 1. The third-order valence-corrected chi connectivity index (χ3v) is 5.62. The zero-order chi connectivity index (χ0) is 24.2. The zero-order valence-corrected chi connectivity index (χ0v) is 20.4. The van der Waals surface area contributed by atoms with E-state index in [0.29, 0.717) is 19.8 Å². The fraction of sp³-hybridized carbons (Fsp3) is 0.345. The number of carbonyl (C=O) groups is 1. The average Bonchev–Trinajstić information content (AvgIpc) is 2.84. The molecule has 5 heteroatoms. The van der Waals surface area contributed by atoms with E-state index in [4.69, 9.17) is 9.57 Å². The molecule has 3 aromatic carbocycles. The van der Waals surface area contributed by atoms with Crippen LogP contribution in [0.4, 0.5) is 0 Å². The van der Waals surface area contributed by atoms with Crippen LogP contribution in [-0.4, -0.2) is 24.6 Å². The lowest BCUT2D eigenvalue weighted by molar-refractivity contribution is -0.148. The van der Waals surface area contributed by atoms with Crippen molar-refractivity contribution in [3.63, 3.8) is 0 Å². The molecule has 0 radical (unpaired) electrons. The molecule has 3 aromatic rings. The summed E-state index contributed by atoms with van der Waals surface area (Å²) in [6.07, 6.45) is 1.60. The highest BCUT2D eigenvalue weighted by atomic mass is 16.6. The second-order valence-corrected chi connectivity index (χ2v) is 8.89. The van der Waals surface area contributed by atoms with E-state index in [1.165, 1.54) is 16.7 Å². The highest BCUT2D eigenvalue weighted by molar-refractivity contribution is 5.75. The quantitative estimate of drug-likeness (QED) is 0.376. The second-order valence-electron chi connectivity index (χ2n) is 8.89. The van der Waals surface area contributed by atoms with Crippen molar-refractivity contribution >= 4 is 5.97 Å². The van der Waals surface area contributed by atoms with Gasteiger partial charge in [-0.1, -0.05) is 95.6 Å². The van der Waals surface area contributed by atoms with Gasteiger partial charge in [0.1, 0.15) is 12.6 Å². The van der Waals surface area contributed by atoms with Gasteiger partial charge in [0.15, 0.2) is 0 Å². The van der Waals surface area contributed by atoms with E-state index in [9.17, 15) is 4.79 Å². The predicted octanol–water partition coefficient (Wildman–Crippen LogP) is 5.18. The monoisotopic (exact) mass is 460 g/mol. The van der Waals surface area contributed by atoms with E-state index in [2.05, 4.69) is 49.8 Å². The molecule has 0 amide bonds. The Morgan fingerprint density at radius 3 is 1.85 bits per heavy atom. The molecule has 1 aliphatic rings. The molecular formula is C29H36N2O3. The van der Waals surface area contributed by atoms with Crippen LogP contribution in [-0.2, 0) is 27.6 Å². The van der Waals surface area contributed by atoms with Gasteiger partial charge in [-0.2, -0.15) is 5.48 Å². The maximum absolute atomic E-state index is 12.1. The summed E-state index contributed by atoms with van der Waals surface area (Å²) in [5.41, 5.74) is 9.26. The van der Waals surface area contributed by atoms with E-state index >= 15 is 0 Å². The van der Waals surface area contributed by atoms with Crippen molar-refractivity contribution in [2.75, 3.05) is 6.54 Å². The largest absolute Gasteiger partial charge is 0.460 e. The molecule has 34 heavy (non-hydrogen) atoms. The number of esters is 1. The van der Waals surface area contributed by atoms with Gasteiger partial charge < -0.3 is 10.1 Å². The summed E-state index contributed by atoms with van der Waals surface area (Å²) in [6.45, 7) is 7.90. The molecule has 0 aromatic heterocycles. The predicted molar refractivity (Wildman–Crippen MR) is 136 cm³/mol. The number of aryl methyl sites for hydroxylation is 3. The Morgan fingerprint density at radius 2 is 1.35 bits per heavy atom. The lowest BCUT2D eigenvalue weighted by atomic mass is 10.0. The van der Waals surface area contributed by atoms with Crippen molar-refractivity contribution in [3.05, 3.63) is 107 Å². The van der Waals surface area contributed by atoms with E-state index in [1.807, 2.05) is 60.7 Å². The summed E-state index contributed by atoms with van der Waals surface area (Å²) in [6, 6.07) is 26.3. The molecule has 0 saturated carbocycles. The zero-order valence-electron chi connectivity index (χ0n) is 20.4. The molecule has 180 valence electrons. The number of piperidine rings is 1. The molecule has 2 N–H and O–H groups in total. The van der Waals surface area contributed by atoms with E-state index in [-0.39, 0.29) is 18.1 Å². The minimum absolute atomic E-state index is 0.187. The van der Waals surface area contributed by atoms with Crippen molar-refractivity contribution in [2.45, 2.75) is 58.9 Å². The molecule has 0 unspecified atom stereocenters. The van der Waals surface area contributed by atoms with Crippen LogP contribution in [0.15, 0.2) is 78.9 Å². The number of rotatable bonds is 7. The van der Waals surface area contributed by atoms with Crippen molar-refractivity contribution < 1.29 is 14.4 Å². The summed E-state index contributed by atoms with van der Waals surface area (Å²) < 4.78 is 5.39. The smallest absolute Gasteiger partial charge is 0.323 e. The van der Waals surface area contributed by atoms with Gasteiger partial charge in [0, 0.05) is 12.6 Å². The first-order chi connectivity index (χ1) is 16.5. The Balaban J connectivity index is 0.000000302. The summed E-state index contributed by atoms with van der Waals surface area (Å²) in [7, 11) is 0. The van der Waals surface area contributed by atoms with Crippen molar-refractivity contribution in [2.24, 2.45) is 0 Å². The number of hydrogen-bond donors (Lipinski definition) is 2. The number of benzene rings is 3. The van der Waals surface area contributed by atoms with E-state index < -0.39 is 0 Å². The van der Waals surface area contributed by atoms with Gasteiger partial charge in [-0.3, -0.25) is 9.63 Å². The molecule has 0 spiro atoms. The van der Waals surface area contributed by atoms with E-state index in [1.54, 1.807) is 0 Å². The van der Waals surface area contributed by atoms with Crippen molar-refractivity contribution in [1.29, 1.82) is 0 Å². The highest BCUT2D eigenvalue weighted by Gasteiger charge is 2.26. The van der Waals surface area contributed by atoms with Crippen LogP contribution in [0.3, 0.4) is 0 Å². The third-order valence-electron chi connectivity index (χ3n) is 5.62. The summed E-state index contributed by atoms with van der Waals surface area (Å²) in [5, 5.41) is 3.24. The average molecular weight is 461 g/mol. The van der Waals surface area contributed by atoms with Crippen molar-refractivity contribution in [3.8, 4) is 0 Å². The van der Waals surface area contributed by atoms with Gasteiger partial charge in [-0.25, -0.2) is 0 Å². The normalized spacial score (nSPS) is 17.4. The number of nitrogens with one attached hydrogen (secondary N) is 2. The van der Waals surface area contributed by atoms with Crippen LogP contribution < -0.4 is 10.8 Å². The molecule has 2 atom stereocenters. The summed E-state index contributed by atoms with van der Waals surface area (Å²) in [5.74, 6) is -0.187. The second kappa shape index (κ2) is 13.7. The van der Waals surface area contributed by atoms with Crippen LogP contribution in [0, 0.1) is 20.8 Å². The van der Waals surface area contributed by atoms with Crippen LogP contribution in [0.5, 0.6) is 0 Å². The molecule has 1 saturated heterocycles. The maximum Gasteiger partial charge on any atom is 0.323 e. The first kappa shape index (κ1) is 25.6. The maximum atomic E-state index is 12.1. The lowest BCUT2D eigenvalue weighted by Gasteiger charge is -2.28. The topological polar surface area (TPSA) is 59.6 Å². The van der Waals surface area contributed by atoms with Crippen LogP contribution in [0.25, 0.3) is 0 Å². The number of carbonyl (C=O) groups excluding carboxylic acids is 1. The fourth-order valence-corrected chi connectivity index (χ4v) is 4.01. The molecule has 1 fully saturated rings. The van der Waals surface area contributed by atoms with Gasteiger partial charge in [-0.05, 0) is 44.7 Å². The number of hydrogen-bond acceptors (Lipinski definition) is 5. The Bertz CT molecular complexity index is 950. The lowest BCUT2D eigenvalue weighted by Crippen LogP contribution is -2.51. The summed E-state index contributed by atoms with van der Waals surface area (Å²) in [4.78, 5) is 17.7. The van der Waals surface area contributed by atoms with Gasteiger partial charge >= 0.3 is 5.97 Å². The molecule has 1 heterocycles. The Morgan fingerprint density at radius 1 is 0.824 bits per heavy atom. The molecule has 1 aliphatic heterocycles. The van der Waals surface area contributed by atoms with Crippen molar-refractivity contribution in [1.82, 2.24) is 10.8 Å². The van der Waals surface area contributed by atoms with Crippen LogP contribution in [0.1, 0.15) is 40.7 Å². The standard InChI is InChI=1S/C20H24N2O3.C9H12/c23-20(24-14-16-7-3-1-4-8-16)19-12-11-18(13-21-19)22-25-15-17-9-5-2-6-10-17;1-7-4-8(2)6-9(3)5-7/h1-10,18-19,21-22H,11-15H2;4-6H,1-3H3/t18-,19+;/m1./s1. The van der Waals surface area contributed by atoms with Gasteiger partial charge in [0.2, 0.25) is 0 Å². The third kappa shape index (κ3) is 9.10. The Hall–Kier alpha value is -2.99. The van der Waals surface area contributed by atoms with E-state index in [0.717, 1.165) is 24.0 Å². The molecular weight excluding hydrogens is 424 g/mol. The fourth-order valence-electron chi connectivity index (χ4n) is 4.01. The van der Waals surface area contributed by atoms with Gasteiger partial charge in [0.05, 0.1) is 6.61 Å². The molecule has 5 nitrogen and oxygen atoms in total. The molecule has 4 rings (SSSR count). The minimum atomic E-state index is -0.240. The summed E-state index contributed by atoms with van der Waals surface area (Å²) >= 11 is 0. The highest BCUT2D eigenvalue weighted by Crippen LogP contribution is 2.12. The van der Waals surface area contributed by atoms with Crippen LogP contribution in [0.2, 0.25) is 0 Å².